The van der Waals surface area contributed by atoms with Crippen molar-refractivity contribution < 1.29 is 4.79 Å². The third kappa shape index (κ3) is 2.91. The SMILES string of the molecule is CSc1ccc(Cl)c(C(=O)N2CCc3cc(=O)[nH]cc3C2)c1. The van der Waals surface area contributed by atoms with Gasteiger partial charge in [0.2, 0.25) is 5.56 Å². The summed E-state index contributed by atoms with van der Waals surface area (Å²) in [4.78, 5) is 29.5. The fourth-order valence-electron chi connectivity index (χ4n) is 2.60. The summed E-state index contributed by atoms with van der Waals surface area (Å²) >= 11 is 7.76. The number of rotatable bonds is 2. The Hall–Kier alpha value is -1.72. The number of pyridine rings is 1. The molecule has 0 saturated carbocycles. The number of nitrogens with one attached hydrogen (secondary N) is 1. The highest BCUT2D eigenvalue weighted by Crippen LogP contribution is 2.26. The van der Waals surface area contributed by atoms with E-state index in [9.17, 15) is 9.59 Å². The van der Waals surface area contributed by atoms with Crippen molar-refractivity contribution in [1.82, 2.24) is 9.88 Å². The minimum Gasteiger partial charge on any atom is -0.334 e. The number of aromatic nitrogens is 1. The van der Waals surface area contributed by atoms with Gasteiger partial charge in [-0.3, -0.25) is 9.59 Å². The van der Waals surface area contributed by atoms with E-state index in [0.29, 0.717) is 30.1 Å². The van der Waals surface area contributed by atoms with Crippen LogP contribution in [0.1, 0.15) is 21.5 Å². The van der Waals surface area contributed by atoms with E-state index in [4.69, 9.17) is 11.6 Å². The third-order valence-electron chi connectivity index (χ3n) is 3.81. The van der Waals surface area contributed by atoms with Crippen LogP contribution in [-0.4, -0.2) is 28.6 Å². The Morgan fingerprint density at radius 2 is 2.14 bits per heavy atom. The third-order valence-corrected chi connectivity index (χ3v) is 4.86. The summed E-state index contributed by atoms with van der Waals surface area (Å²) in [6.07, 6.45) is 4.34. The first-order valence-corrected chi connectivity index (χ1v) is 8.52. The lowest BCUT2D eigenvalue weighted by molar-refractivity contribution is 0.0734. The molecule has 6 heteroatoms. The highest BCUT2D eigenvalue weighted by atomic mass is 35.5. The van der Waals surface area contributed by atoms with E-state index >= 15 is 0 Å². The van der Waals surface area contributed by atoms with Gasteiger partial charge in [-0.2, -0.15) is 0 Å². The van der Waals surface area contributed by atoms with Crippen molar-refractivity contribution in [1.29, 1.82) is 0 Å². The van der Waals surface area contributed by atoms with Crippen LogP contribution in [0.15, 0.2) is 40.2 Å². The molecule has 0 unspecified atom stereocenters. The van der Waals surface area contributed by atoms with E-state index in [2.05, 4.69) is 4.98 Å². The van der Waals surface area contributed by atoms with Gasteiger partial charge in [0.05, 0.1) is 10.6 Å². The fourth-order valence-corrected chi connectivity index (χ4v) is 3.24. The Labute approximate surface area is 137 Å². The quantitative estimate of drug-likeness (QED) is 0.859. The second-order valence-electron chi connectivity index (χ2n) is 5.17. The average molecular weight is 335 g/mol. The zero-order valence-electron chi connectivity index (χ0n) is 12.1. The second-order valence-corrected chi connectivity index (χ2v) is 6.46. The first-order valence-electron chi connectivity index (χ1n) is 6.92. The molecule has 2 aromatic rings. The van der Waals surface area contributed by atoms with Gasteiger partial charge in [-0.05, 0) is 42.0 Å². The molecule has 0 bridgehead atoms. The van der Waals surface area contributed by atoms with Crippen LogP contribution >= 0.6 is 23.4 Å². The molecule has 1 N–H and O–H groups in total. The van der Waals surface area contributed by atoms with Gasteiger partial charge in [0, 0.05) is 30.2 Å². The smallest absolute Gasteiger partial charge is 0.255 e. The lowest BCUT2D eigenvalue weighted by Gasteiger charge is -2.29. The number of aromatic amines is 1. The number of carbonyl (C=O) groups is 1. The van der Waals surface area contributed by atoms with Crippen LogP contribution in [0.2, 0.25) is 5.02 Å². The number of carbonyl (C=O) groups excluding carboxylic acids is 1. The zero-order chi connectivity index (χ0) is 15.7. The van der Waals surface area contributed by atoms with Crippen LogP contribution in [0, 0.1) is 0 Å². The molecule has 22 heavy (non-hydrogen) atoms. The summed E-state index contributed by atoms with van der Waals surface area (Å²) in [7, 11) is 0. The normalized spacial score (nSPS) is 13.8. The van der Waals surface area contributed by atoms with Gasteiger partial charge in [-0.15, -0.1) is 11.8 Å². The number of halogens is 1. The van der Waals surface area contributed by atoms with Crippen molar-refractivity contribution in [2.75, 3.05) is 12.8 Å². The monoisotopic (exact) mass is 334 g/mol. The summed E-state index contributed by atoms with van der Waals surface area (Å²) in [5.41, 5.74) is 2.42. The van der Waals surface area contributed by atoms with Gasteiger partial charge >= 0.3 is 0 Å². The Balaban J connectivity index is 1.88. The largest absolute Gasteiger partial charge is 0.334 e. The van der Waals surface area contributed by atoms with Gasteiger partial charge in [0.25, 0.3) is 5.91 Å². The summed E-state index contributed by atoms with van der Waals surface area (Å²) in [5.74, 6) is -0.0715. The van der Waals surface area contributed by atoms with Crippen LogP contribution in [0.5, 0.6) is 0 Å². The Morgan fingerprint density at radius 1 is 1.32 bits per heavy atom. The molecular formula is C16H15ClN2O2S. The maximum Gasteiger partial charge on any atom is 0.255 e. The Bertz CT molecular complexity index is 788. The molecule has 1 aromatic carbocycles. The van der Waals surface area contributed by atoms with Crippen LogP contribution < -0.4 is 5.56 Å². The number of benzene rings is 1. The number of hydrogen-bond donors (Lipinski definition) is 1. The highest BCUT2D eigenvalue weighted by molar-refractivity contribution is 7.98. The minimum atomic E-state index is -0.103. The van der Waals surface area contributed by atoms with Crippen molar-refractivity contribution >= 4 is 29.3 Å². The molecule has 3 rings (SSSR count). The molecule has 114 valence electrons. The summed E-state index contributed by atoms with van der Waals surface area (Å²) in [6, 6.07) is 7.10. The van der Waals surface area contributed by atoms with E-state index in [1.54, 1.807) is 35.0 Å². The zero-order valence-corrected chi connectivity index (χ0v) is 13.6. The summed E-state index contributed by atoms with van der Waals surface area (Å²) in [6.45, 7) is 1.08. The molecule has 1 aliphatic rings. The lowest BCUT2D eigenvalue weighted by atomic mass is 10.0. The Morgan fingerprint density at radius 3 is 2.91 bits per heavy atom. The molecule has 4 nitrogen and oxygen atoms in total. The van der Waals surface area contributed by atoms with Crippen molar-refractivity contribution in [3.63, 3.8) is 0 Å². The summed E-state index contributed by atoms with van der Waals surface area (Å²) in [5, 5.41) is 0.468. The van der Waals surface area contributed by atoms with Gasteiger partial charge in [-0.1, -0.05) is 11.6 Å². The number of fused-ring (bicyclic) bond motifs is 1. The molecule has 1 aromatic heterocycles. The van der Waals surface area contributed by atoms with Crippen LogP contribution in [0.25, 0.3) is 0 Å². The molecule has 0 aliphatic carbocycles. The molecule has 1 aliphatic heterocycles. The number of hydrogen-bond acceptors (Lipinski definition) is 3. The maximum absolute atomic E-state index is 12.7. The van der Waals surface area contributed by atoms with Crippen molar-refractivity contribution in [2.45, 2.75) is 17.9 Å². The molecular weight excluding hydrogens is 320 g/mol. The fraction of sp³-hybridized carbons (Fsp3) is 0.250. The Kier molecular flexibility index (Phi) is 4.27. The first-order chi connectivity index (χ1) is 10.6. The predicted molar refractivity (Wildman–Crippen MR) is 88.7 cm³/mol. The van der Waals surface area contributed by atoms with Crippen molar-refractivity contribution in [3.05, 3.63) is 62.5 Å². The first kappa shape index (κ1) is 15.2. The van der Waals surface area contributed by atoms with E-state index in [1.807, 2.05) is 18.4 Å². The van der Waals surface area contributed by atoms with Gasteiger partial charge in [-0.25, -0.2) is 0 Å². The molecule has 0 saturated heterocycles. The topological polar surface area (TPSA) is 53.2 Å². The van der Waals surface area contributed by atoms with Gasteiger partial charge < -0.3 is 9.88 Å². The summed E-state index contributed by atoms with van der Waals surface area (Å²) < 4.78 is 0. The highest BCUT2D eigenvalue weighted by Gasteiger charge is 2.23. The van der Waals surface area contributed by atoms with E-state index in [-0.39, 0.29) is 11.5 Å². The van der Waals surface area contributed by atoms with Crippen LogP contribution in [0.4, 0.5) is 0 Å². The van der Waals surface area contributed by atoms with Crippen molar-refractivity contribution in [3.8, 4) is 0 Å². The van der Waals surface area contributed by atoms with Crippen LogP contribution in [0.3, 0.4) is 0 Å². The van der Waals surface area contributed by atoms with E-state index in [0.717, 1.165) is 16.0 Å². The molecule has 1 amide bonds. The average Bonchev–Trinajstić information content (AvgIpc) is 2.54. The van der Waals surface area contributed by atoms with Crippen LogP contribution in [-0.2, 0) is 13.0 Å². The van der Waals surface area contributed by atoms with Gasteiger partial charge in [0.1, 0.15) is 0 Å². The second kappa shape index (κ2) is 6.18. The maximum atomic E-state index is 12.7. The molecule has 0 spiro atoms. The molecule has 0 radical (unpaired) electrons. The van der Waals surface area contributed by atoms with E-state index < -0.39 is 0 Å². The number of nitrogens with zero attached hydrogens (tertiary/aromatic N) is 1. The minimum absolute atomic E-state index is 0.0715. The standard InChI is InChI=1S/C16H15ClN2O2S/c1-22-12-2-3-14(17)13(7-12)16(21)19-5-4-10-6-15(20)18-8-11(10)9-19/h2-3,6-8H,4-5,9H2,1H3,(H,18,20). The molecule has 0 atom stereocenters. The van der Waals surface area contributed by atoms with E-state index in [1.165, 1.54) is 0 Å². The number of H-pyrrole nitrogens is 1. The molecule has 2 heterocycles. The van der Waals surface area contributed by atoms with Crippen molar-refractivity contribution in [2.24, 2.45) is 0 Å². The van der Waals surface area contributed by atoms with Gasteiger partial charge in [0.15, 0.2) is 0 Å². The number of thioether (sulfide) groups is 1. The lowest BCUT2D eigenvalue weighted by Crippen LogP contribution is -2.36. The predicted octanol–water partition coefficient (Wildman–Crippen LogP) is 2.95. The number of amides is 1. The molecule has 0 fully saturated rings.